The highest BCUT2D eigenvalue weighted by Gasteiger charge is 2.54. The molecule has 0 aromatic heterocycles. The van der Waals surface area contributed by atoms with Gasteiger partial charge in [0, 0.05) is 11.2 Å². The van der Waals surface area contributed by atoms with Crippen LogP contribution in [0.3, 0.4) is 0 Å². The molecule has 0 amide bonds. The Morgan fingerprint density at radius 3 is 1.52 bits per heavy atom. The monoisotopic (exact) mass is 637 g/mol. The molecule has 246 valence electrons. The van der Waals surface area contributed by atoms with Crippen LogP contribution in [0.5, 0.6) is 0 Å². The van der Waals surface area contributed by atoms with Crippen LogP contribution < -0.4 is 0 Å². The summed E-state index contributed by atoms with van der Waals surface area (Å²) in [6, 6.07) is 6.84. The number of halogens is 1. The second-order valence-electron chi connectivity index (χ2n) is 15.1. The Morgan fingerprint density at radius 2 is 1.09 bits per heavy atom. The number of carbonyl (C=O) groups is 4. The van der Waals surface area contributed by atoms with E-state index in [9.17, 15) is 19.2 Å². The van der Waals surface area contributed by atoms with E-state index in [1.54, 1.807) is 107 Å². The highest BCUT2D eigenvalue weighted by atomic mass is 35.5. The lowest BCUT2D eigenvalue weighted by Crippen LogP contribution is -2.63. The van der Waals surface area contributed by atoms with Crippen LogP contribution in [0.1, 0.15) is 88.6 Å². The number of hydrogen-bond acceptors (Lipinski definition) is 10. The molecule has 0 spiro atoms. The van der Waals surface area contributed by atoms with Gasteiger partial charge in [0.15, 0.2) is 24.5 Å². The third kappa shape index (κ3) is 10.6. The molecule has 2 rings (SSSR count). The fourth-order valence-corrected chi connectivity index (χ4v) is 3.66. The predicted molar refractivity (Wildman–Crippen MR) is 166 cm³/mol. The summed E-state index contributed by atoms with van der Waals surface area (Å²) in [7, 11) is 0. The van der Waals surface area contributed by atoms with E-state index in [1.807, 2.05) is 0 Å². The molecule has 1 aromatic rings. The van der Waals surface area contributed by atoms with E-state index in [2.05, 4.69) is 4.99 Å². The number of carbonyl (C=O) groups excluding carboxylic acids is 4. The third-order valence-electron chi connectivity index (χ3n) is 6.41. The summed E-state index contributed by atoms with van der Waals surface area (Å²) < 4.78 is 29.8. The van der Waals surface area contributed by atoms with E-state index in [4.69, 9.17) is 35.3 Å². The van der Waals surface area contributed by atoms with Crippen LogP contribution in [0.2, 0.25) is 5.02 Å². The molecule has 1 aromatic carbocycles. The van der Waals surface area contributed by atoms with Crippen molar-refractivity contribution in [2.75, 3.05) is 6.61 Å². The van der Waals surface area contributed by atoms with E-state index in [-0.39, 0.29) is 6.61 Å². The molecule has 11 heteroatoms. The first-order valence-electron chi connectivity index (χ1n) is 14.7. The minimum Gasteiger partial charge on any atom is -0.462 e. The first kappa shape index (κ1) is 37.2. The molecule has 0 saturated carbocycles. The lowest BCUT2D eigenvalue weighted by molar-refractivity contribution is -0.258. The maximum atomic E-state index is 13.3. The standard InChI is InChI=1S/C33H48ClNO9/c1-30(2,3)26(36)40-18-21-22(42-27(37)31(4,5)6)23(43-28(38)32(7,8)9)24(44-29(39)33(10,11)12)25(41-21)35-17-19-13-15-20(34)16-14-19/h13-17,21-25H,18H2,1-12H3/b35-17+/t21-,22-,23+,24-,25-/m1/s1. The lowest BCUT2D eigenvalue weighted by atomic mass is 9.92. The smallest absolute Gasteiger partial charge is 0.311 e. The zero-order valence-electron chi connectivity index (χ0n) is 28.0. The van der Waals surface area contributed by atoms with Crippen molar-refractivity contribution in [2.45, 2.75) is 114 Å². The highest BCUT2D eigenvalue weighted by Crippen LogP contribution is 2.34. The summed E-state index contributed by atoms with van der Waals surface area (Å²) in [5, 5.41) is 0.534. The second-order valence-corrected chi connectivity index (χ2v) is 15.5. The van der Waals surface area contributed by atoms with E-state index < -0.39 is 76.2 Å². The molecule has 0 N–H and O–H groups in total. The Labute approximate surface area is 266 Å². The van der Waals surface area contributed by atoms with Gasteiger partial charge in [-0.05, 0) is 101 Å². The lowest BCUT2D eigenvalue weighted by Gasteiger charge is -2.45. The summed E-state index contributed by atoms with van der Waals surface area (Å²) >= 11 is 6.03. The van der Waals surface area contributed by atoms with E-state index >= 15 is 0 Å². The van der Waals surface area contributed by atoms with Crippen LogP contribution in [0.4, 0.5) is 0 Å². The van der Waals surface area contributed by atoms with Crippen molar-refractivity contribution >= 4 is 41.7 Å². The fraction of sp³-hybridized carbons (Fsp3) is 0.667. The van der Waals surface area contributed by atoms with Gasteiger partial charge in [0.25, 0.3) is 0 Å². The number of aliphatic imine (C=N–C) groups is 1. The maximum absolute atomic E-state index is 13.3. The molecule has 0 unspecified atom stereocenters. The third-order valence-corrected chi connectivity index (χ3v) is 6.66. The maximum Gasteiger partial charge on any atom is 0.311 e. The van der Waals surface area contributed by atoms with Crippen LogP contribution in [0.15, 0.2) is 29.3 Å². The molecule has 10 nitrogen and oxygen atoms in total. The van der Waals surface area contributed by atoms with Gasteiger partial charge in [0.05, 0.1) is 21.7 Å². The largest absolute Gasteiger partial charge is 0.462 e. The average molecular weight is 638 g/mol. The Bertz CT molecular complexity index is 1210. The van der Waals surface area contributed by atoms with E-state index in [0.717, 1.165) is 0 Å². The first-order chi connectivity index (χ1) is 19.9. The summed E-state index contributed by atoms with van der Waals surface area (Å²) in [5.74, 6) is -2.40. The Kier molecular flexibility index (Phi) is 11.8. The molecular formula is C33H48ClNO9. The van der Waals surface area contributed by atoms with Crippen LogP contribution >= 0.6 is 11.6 Å². The molecule has 1 heterocycles. The quantitative estimate of drug-likeness (QED) is 0.202. The number of ether oxygens (including phenoxy) is 5. The van der Waals surface area contributed by atoms with Crippen molar-refractivity contribution in [2.24, 2.45) is 26.7 Å². The molecule has 0 radical (unpaired) electrons. The van der Waals surface area contributed by atoms with Crippen molar-refractivity contribution < 1.29 is 42.9 Å². The van der Waals surface area contributed by atoms with Gasteiger partial charge in [-0.25, -0.2) is 0 Å². The van der Waals surface area contributed by atoms with Crippen molar-refractivity contribution in [1.82, 2.24) is 0 Å². The van der Waals surface area contributed by atoms with Gasteiger partial charge >= 0.3 is 23.9 Å². The van der Waals surface area contributed by atoms with Gasteiger partial charge in [0.2, 0.25) is 0 Å². The zero-order valence-corrected chi connectivity index (χ0v) is 28.7. The van der Waals surface area contributed by atoms with Gasteiger partial charge < -0.3 is 23.7 Å². The number of rotatable bonds is 7. The molecule has 1 aliphatic heterocycles. The van der Waals surface area contributed by atoms with Crippen LogP contribution in [0, 0.1) is 21.7 Å². The summed E-state index contributed by atoms with van der Waals surface area (Å²) in [5.41, 5.74) is -3.03. The molecule has 1 fully saturated rings. The Hall–Kier alpha value is -2.98. The summed E-state index contributed by atoms with van der Waals surface area (Å²) in [6.07, 6.45) is -4.88. The Morgan fingerprint density at radius 1 is 0.682 bits per heavy atom. The highest BCUT2D eigenvalue weighted by molar-refractivity contribution is 6.30. The number of nitrogens with zero attached hydrogens (tertiary/aromatic N) is 1. The predicted octanol–water partition coefficient (Wildman–Crippen LogP) is 5.95. The normalized spacial score (nSPS) is 23.2. The van der Waals surface area contributed by atoms with Crippen LogP contribution in [0.25, 0.3) is 0 Å². The van der Waals surface area contributed by atoms with Gasteiger partial charge in [-0.2, -0.15) is 0 Å². The average Bonchev–Trinajstić information content (AvgIpc) is 2.87. The summed E-state index contributed by atoms with van der Waals surface area (Å²) in [4.78, 5) is 57.1. The van der Waals surface area contributed by atoms with Gasteiger partial charge in [-0.1, -0.05) is 23.7 Å². The molecule has 0 bridgehead atoms. The Balaban J connectivity index is 2.71. The number of esters is 4. The molecule has 44 heavy (non-hydrogen) atoms. The molecule has 1 aliphatic rings. The minimum atomic E-state index is -1.36. The fourth-order valence-electron chi connectivity index (χ4n) is 3.53. The van der Waals surface area contributed by atoms with Gasteiger partial charge in [-0.15, -0.1) is 0 Å². The van der Waals surface area contributed by atoms with E-state index in [1.165, 1.54) is 6.21 Å². The molecule has 0 aliphatic carbocycles. The second kappa shape index (κ2) is 14.0. The van der Waals surface area contributed by atoms with E-state index in [0.29, 0.717) is 10.6 Å². The number of benzene rings is 1. The van der Waals surface area contributed by atoms with Crippen molar-refractivity contribution in [1.29, 1.82) is 0 Å². The SMILES string of the molecule is CC(C)(C)C(=O)OC[C@H]1O[C@@H](/N=C/c2ccc(Cl)cc2)[C@H](OC(=O)C(C)(C)C)[C@@H](OC(=O)C(C)(C)C)[C@@H]1OC(=O)C(C)(C)C. The first-order valence-corrected chi connectivity index (χ1v) is 15.0. The topological polar surface area (TPSA) is 127 Å². The minimum absolute atomic E-state index is 0.353. The van der Waals surface area contributed by atoms with Gasteiger partial charge in [0.1, 0.15) is 12.7 Å². The van der Waals surface area contributed by atoms with Gasteiger partial charge in [-0.3, -0.25) is 24.2 Å². The molecule has 1 saturated heterocycles. The van der Waals surface area contributed by atoms with Crippen molar-refractivity contribution in [3.63, 3.8) is 0 Å². The van der Waals surface area contributed by atoms with Crippen LogP contribution in [-0.4, -0.2) is 67.3 Å². The zero-order chi connectivity index (χ0) is 33.8. The number of hydrogen-bond donors (Lipinski definition) is 0. The van der Waals surface area contributed by atoms with Crippen LogP contribution in [-0.2, 0) is 42.9 Å². The van der Waals surface area contributed by atoms with Crippen molar-refractivity contribution in [3.8, 4) is 0 Å². The van der Waals surface area contributed by atoms with Crippen molar-refractivity contribution in [3.05, 3.63) is 34.9 Å². The molecule has 5 atom stereocenters. The summed E-state index contributed by atoms with van der Waals surface area (Å²) in [6.45, 7) is 19.8. The molecular weight excluding hydrogens is 590 g/mol.